The van der Waals surface area contributed by atoms with Crippen molar-refractivity contribution in [3.05, 3.63) is 57.4 Å². The lowest BCUT2D eigenvalue weighted by Gasteiger charge is -2.03. The molecule has 4 nitrogen and oxygen atoms in total. The monoisotopic (exact) mass is 386 g/mol. The largest absolute Gasteiger partial charge is 0.448 e. The van der Waals surface area contributed by atoms with Crippen LogP contribution in [0.4, 0.5) is 0 Å². The molecule has 1 aromatic heterocycles. The molecule has 0 bridgehead atoms. The number of rotatable bonds is 6. The van der Waals surface area contributed by atoms with Gasteiger partial charge in [-0.25, -0.2) is 5.43 Å². The molecule has 0 radical (unpaired) electrons. The van der Waals surface area contributed by atoms with Gasteiger partial charge in [-0.15, -0.1) is 11.8 Å². The van der Waals surface area contributed by atoms with Gasteiger partial charge in [-0.1, -0.05) is 29.8 Å². The first-order valence-electron chi connectivity index (χ1n) is 6.03. The molecule has 0 aliphatic rings. The van der Waals surface area contributed by atoms with Crippen molar-refractivity contribution in [1.29, 1.82) is 0 Å². The van der Waals surface area contributed by atoms with Crippen LogP contribution in [0.1, 0.15) is 11.3 Å². The van der Waals surface area contributed by atoms with E-state index in [9.17, 15) is 4.79 Å². The minimum atomic E-state index is -0.172. The molecular weight excluding hydrogens is 376 g/mol. The Morgan fingerprint density at radius 3 is 2.90 bits per heavy atom. The summed E-state index contributed by atoms with van der Waals surface area (Å²) >= 11 is 10.7. The van der Waals surface area contributed by atoms with Crippen LogP contribution in [0.3, 0.4) is 0 Å². The Labute approximate surface area is 140 Å². The van der Waals surface area contributed by atoms with Crippen molar-refractivity contribution in [3.8, 4) is 0 Å². The average Bonchev–Trinajstić information content (AvgIpc) is 2.87. The molecule has 1 aromatic carbocycles. The van der Waals surface area contributed by atoms with Crippen molar-refractivity contribution < 1.29 is 9.21 Å². The summed E-state index contributed by atoms with van der Waals surface area (Å²) in [5, 5.41) is 4.53. The first-order chi connectivity index (χ1) is 10.1. The summed E-state index contributed by atoms with van der Waals surface area (Å²) in [6.45, 7) is 0. The zero-order chi connectivity index (χ0) is 15.1. The van der Waals surface area contributed by atoms with E-state index in [0.717, 1.165) is 5.56 Å². The van der Waals surface area contributed by atoms with E-state index in [-0.39, 0.29) is 5.91 Å². The predicted molar refractivity (Wildman–Crippen MR) is 89.8 cm³/mol. The van der Waals surface area contributed by atoms with E-state index >= 15 is 0 Å². The molecule has 0 atom stereocenters. The number of hydrazone groups is 1. The van der Waals surface area contributed by atoms with E-state index in [1.807, 2.05) is 24.3 Å². The van der Waals surface area contributed by atoms with Crippen LogP contribution >= 0.6 is 39.3 Å². The second kappa shape index (κ2) is 8.26. The van der Waals surface area contributed by atoms with Gasteiger partial charge in [0.2, 0.25) is 5.91 Å². The molecule has 1 N–H and O–H groups in total. The molecule has 0 aliphatic heterocycles. The fraction of sp³-hybridized carbons (Fsp3) is 0.143. The Balaban J connectivity index is 1.70. The summed E-state index contributed by atoms with van der Waals surface area (Å²) < 4.78 is 5.83. The maximum absolute atomic E-state index is 11.6. The normalized spacial score (nSPS) is 11.0. The SMILES string of the molecule is O=C(CSCc1ccccc1Cl)N/N=C\c1ccc(Br)o1. The molecule has 7 heteroatoms. The Kier molecular flexibility index (Phi) is 6.35. The predicted octanol–water partition coefficient (Wildman–Crippen LogP) is 4.08. The average molecular weight is 388 g/mol. The highest BCUT2D eigenvalue weighted by atomic mass is 79.9. The second-order valence-corrected chi connectivity index (χ2v) is 6.19. The summed E-state index contributed by atoms with van der Waals surface area (Å²) in [6, 6.07) is 11.1. The van der Waals surface area contributed by atoms with Crippen molar-refractivity contribution in [2.24, 2.45) is 5.10 Å². The third kappa shape index (κ3) is 5.57. The van der Waals surface area contributed by atoms with Crippen LogP contribution in [0.25, 0.3) is 0 Å². The minimum Gasteiger partial charge on any atom is -0.448 e. The standard InChI is InChI=1S/C14H12BrClN2O2S/c15-13-6-5-11(20-13)7-17-18-14(19)9-21-8-10-3-1-2-4-12(10)16/h1-7H,8-9H2,(H,18,19)/b17-7-. The fourth-order valence-corrected chi connectivity index (χ4v) is 2.89. The molecule has 21 heavy (non-hydrogen) atoms. The van der Waals surface area contributed by atoms with Gasteiger partial charge in [0, 0.05) is 10.8 Å². The van der Waals surface area contributed by atoms with E-state index < -0.39 is 0 Å². The van der Waals surface area contributed by atoms with Crippen LogP contribution < -0.4 is 5.43 Å². The summed E-state index contributed by atoms with van der Waals surface area (Å²) in [4.78, 5) is 11.6. The third-order valence-corrected chi connectivity index (χ3v) is 4.20. The summed E-state index contributed by atoms with van der Waals surface area (Å²) in [7, 11) is 0. The topological polar surface area (TPSA) is 54.6 Å². The summed E-state index contributed by atoms with van der Waals surface area (Å²) in [5.41, 5.74) is 3.46. The lowest BCUT2D eigenvalue weighted by atomic mass is 10.2. The van der Waals surface area contributed by atoms with Crippen molar-refractivity contribution in [3.63, 3.8) is 0 Å². The van der Waals surface area contributed by atoms with Crippen molar-refractivity contribution >= 4 is 51.4 Å². The molecule has 0 aliphatic carbocycles. The maximum atomic E-state index is 11.6. The molecule has 0 saturated heterocycles. The Hall–Kier alpha value is -1.24. The van der Waals surface area contributed by atoms with Crippen LogP contribution in [0.15, 0.2) is 50.6 Å². The minimum absolute atomic E-state index is 0.172. The highest BCUT2D eigenvalue weighted by molar-refractivity contribution is 9.10. The van der Waals surface area contributed by atoms with Crippen molar-refractivity contribution in [2.75, 3.05) is 5.75 Å². The van der Waals surface area contributed by atoms with Gasteiger partial charge in [0.25, 0.3) is 0 Å². The first-order valence-corrected chi connectivity index (χ1v) is 8.36. The summed E-state index contributed by atoms with van der Waals surface area (Å²) in [6.07, 6.45) is 1.45. The molecule has 1 amide bonds. The number of halogens is 2. The van der Waals surface area contributed by atoms with Gasteiger partial charge in [0.05, 0.1) is 12.0 Å². The van der Waals surface area contributed by atoms with E-state index in [1.165, 1.54) is 18.0 Å². The number of nitrogens with one attached hydrogen (secondary N) is 1. The zero-order valence-electron chi connectivity index (χ0n) is 10.9. The van der Waals surface area contributed by atoms with Gasteiger partial charge < -0.3 is 4.42 Å². The van der Waals surface area contributed by atoms with E-state index in [2.05, 4.69) is 26.5 Å². The van der Waals surface area contributed by atoms with Crippen LogP contribution in [-0.4, -0.2) is 17.9 Å². The number of hydrogen-bond donors (Lipinski definition) is 1. The smallest absolute Gasteiger partial charge is 0.250 e. The van der Waals surface area contributed by atoms with E-state index in [0.29, 0.717) is 27.0 Å². The van der Waals surface area contributed by atoms with Crippen LogP contribution in [0.5, 0.6) is 0 Å². The highest BCUT2D eigenvalue weighted by Gasteiger charge is 2.03. The number of furan rings is 1. The quantitative estimate of drug-likeness (QED) is 0.600. The number of carbonyl (C=O) groups is 1. The van der Waals surface area contributed by atoms with Crippen LogP contribution in [0, 0.1) is 0 Å². The number of thioether (sulfide) groups is 1. The third-order valence-electron chi connectivity index (χ3n) is 2.42. The van der Waals surface area contributed by atoms with E-state index in [4.69, 9.17) is 16.0 Å². The molecule has 2 rings (SSSR count). The number of nitrogens with zero attached hydrogens (tertiary/aromatic N) is 1. The number of benzene rings is 1. The lowest BCUT2D eigenvalue weighted by Crippen LogP contribution is -2.19. The maximum Gasteiger partial charge on any atom is 0.250 e. The van der Waals surface area contributed by atoms with Gasteiger partial charge in [-0.2, -0.15) is 5.10 Å². The molecular formula is C14H12BrClN2O2S. The molecule has 110 valence electrons. The highest BCUT2D eigenvalue weighted by Crippen LogP contribution is 2.20. The number of amides is 1. The summed E-state index contributed by atoms with van der Waals surface area (Å²) in [5.74, 6) is 1.38. The molecule has 0 unspecified atom stereocenters. The Morgan fingerprint density at radius 2 is 2.19 bits per heavy atom. The fourth-order valence-electron chi connectivity index (χ4n) is 1.47. The van der Waals surface area contributed by atoms with Crippen molar-refractivity contribution in [2.45, 2.75) is 5.75 Å². The molecule has 0 spiro atoms. The Bertz CT molecular complexity index is 645. The van der Waals surface area contributed by atoms with Crippen LogP contribution in [-0.2, 0) is 10.5 Å². The van der Waals surface area contributed by atoms with Gasteiger partial charge in [0.15, 0.2) is 4.67 Å². The van der Waals surface area contributed by atoms with E-state index in [1.54, 1.807) is 12.1 Å². The van der Waals surface area contributed by atoms with Gasteiger partial charge in [0.1, 0.15) is 5.76 Å². The lowest BCUT2D eigenvalue weighted by molar-refractivity contribution is -0.118. The Morgan fingerprint density at radius 1 is 1.38 bits per heavy atom. The van der Waals surface area contributed by atoms with Crippen LogP contribution in [0.2, 0.25) is 5.02 Å². The first kappa shape index (κ1) is 16.1. The van der Waals surface area contributed by atoms with Crippen molar-refractivity contribution in [1.82, 2.24) is 5.43 Å². The molecule has 0 saturated carbocycles. The van der Waals surface area contributed by atoms with Gasteiger partial charge >= 0.3 is 0 Å². The molecule has 0 fully saturated rings. The molecule has 1 heterocycles. The number of carbonyl (C=O) groups excluding carboxylic acids is 1. The number of hydrogen-bond acceptors (Lipinski definition) is 4. The zero-order valence-corrected chi connectivity index (χ0v) is 14.0. The second-order valence-electron chi connectivity index (χ2n) is 4.02. The van der Waals surface area contributed by atoms with Gasteiger partial charge in [-0.3, -0.25) is 4.79 Å². The molecule has 2 aromatic rings. The van der Waals surface area contributed by atoms with Gasteiger partial charge in [-0.05, 0) is 39.7 Å².